The van der Waals surface area contributed by atoms with E-state index in [4.69, 9.17) is 0 Å². The van der Waals surface area contributed by atoms with Gasteiger partial charge in [-0.1, -0.05) is 42.5 Å². The number of aryl methyl sites for hydroxylation is 1. The van der Waals surface area contributed by atoms with Crippen LogP contribution in [-0.4, -0.2) is 12.5 Å². The fourth-order valence-corrected chi connectivity index (χ4v) is 1.93. The Morgan fingerprint density at radius 3 is 2.44 bits per heavy atom. The molecule has 0 bridgehead atoms. The van der Waals surface area contributed by atoms with Gasteiger partial charge >= 0.3 is 0 Å². The SMILES string of the molecule is CCNC(=O)c1cc(-c2ccccc2)ccc1C. The Bertz CT molecular complexity index is 546. The number of carbonyl (C=O) groups is 1. The smallest absolute Gasteiger partial charge is 0.251 e. The van der Waals surface area contributed by atoms with Crippen molar-refractivity contribution in [1.29, 1.82) is 0 Å². The molecule has 0 spiro atoms. The van der Waals surface area contributed by atoms with Crippen LogP contribution in [0.4, 0.5) is 0 Å². The molecule has 0 aliphatic rings. The fourth-order valence-electron chi connectivity index (χ4n) is 1.93. The molecule has 0 atom stereocenters. The number of carbonyl (C=O) groups excluding carboxylic acids is 1. The summed E-state index contributed by atoms with van der Waals surface area (Å²) in [6.45, 7) is 4.53. The molecule has 2 rings (SSSR count). The Labute approximate surface area is 108 Å². The van der Waals surface area contributed by atoms with Gasteiger partial charge in [0.25, 0.3) is 5.91 Å². The van der Waals surface area contributed by atoms with Crippen LogP contribution >= 0.6 is 0 Å². The minimum atomic E-state index is -0.00668. The standard InChI is InChI=1S/C16H17NO/c1-3-17-16(18)15-11-14(10-9-12(15)2)13-7-5-4-6-8-13/h4-11H,3H2,1-2H3,(H,17,18). The van der Waals surface area contributed by atoms with Crippen LogP contribution in [0.5, 0.6) is 0 Å². The largest absolute Gasteiger partial charge is 0.352 e. The topological polar surface area (TPSA) is 29.1 Å². The average molecular weight is 239 g/mol. The Morgan fingerprint density at radius 2 is 1.78 bits per heavy atom. The maximum absolute atomic E-state index is 11.9. The quantitative estimate of drug-likeness (QED) is 0.873. The second-order valence-electron chi connectivity index (χ2n) is 4.26. The third-order valence-electron chi connectivity index (χ3n) is 2.93. The maximum Gasteiger partial charge on any atom is 0.251 e. The number of hydrogen-bond donors (Lipinski definition) is 1. The van der Waals surface area contributed by atoms with Crippen molar-refractivity contribution in [3.8, 4) is 11.1 Å². The van der Waals surface area contributed by atoms with Gasteiger partial charge in [-0.2, -0.15) is 0 Å². The van der Waals surface area contributed by atoms with Gasteiger partial charge in [-0.3, -0.25) is 4.79 Å². The van der Waals surface area contributed by atoms with E-state index in [1.54, 1.807) is 0 Å². The van der Waals surface area contributed by atoms with Gasteiger partial charge in [0.2, 0.25) is 0 Å². The molecule has 0 radical (unpaired) electrons. The van der Waals surface area contributed by atoms with E-state index in [0.29, 0.717) is 6.54 Å². The van der Waals surface area contributed by atoms with Gasteiger partial charge in [-0.25, -0.2) is 0 Å². The van der Waals surface area contributed by atoms with Crippen LogP contribution < -0.4 is 5.32 Å². The molecule has 0 saturated carbocycles. The van der Waals surface area contributed by atoms with Gasteiger partial charge in [0.15, 0.2) is 0 Å². The zero-order chi connectivity index (χ0) is 13.0. The summed E-state index contributed by atoms with van der Waals surface area (Å²) in [6.07, 6.45) is 0. The lowest BCUT2D eigenvalue weighted by atomic mass is 9.99. The molecule has 0 aliphatic heterocycles. The molecule has 1 amide bonds. The van der Waals surface area contributed by atoms with Crippen molar-refractivity contribution in [1.82, 2.24) is 5.32 Å². The Hall–Kier alpha value is -2.09. The van der Waals surface area contributed by atoms with Gasteiger partial charge < -0.3 is 5.32 Å². The van der Waals surface area contributed by atoms with Gasteiger partial charge in [0.1, 0.15) is 0 Å². The summed E-state index contributed by atoms with van der Waals surface area (Å²) in [4.78, 5) is 11.9. The normalized spacial score (nSPS) is 10.1. The summed E-state index contributed by atoms with van der Waals surface area (Å²) in [5.74, 6) is -0.00668. The Morgan fingerprint density at radius 1 is 1.06 bits per heavy atom. The third-order valence-corrected chi connectivity index (χ3v) is 2.93. The number of benzene rings is 2. The first-order valence-electron chi connectivity index (χ1n) is 6.16. The Kier molecular flexibility index (Phi) is 3.78. The molecule has 18 heavy (non-hydrogen) atoms. The van der Waals surface area contributed by atoms with E-state index in [-0.39, 0.29) is 5.91 Å². The molecule has 2 aromatic carbocycles. The van der Waals surface area contributed by atoms with Crippen molar-refractivity contribution in [2.24, 2.45) is 0 Å². The number of nitrogens with one attached hydrogen (secondary N) is 1. The van der Waals surface area contributed by atoms with E-state index in [0.717, 1.165) is 22.3 Å². The highest BCUT2D eigenvalue weighted by atomic mass is 16.1. The second kappa shape index (κ2) is 5.50. The van der Waals surface area contributed by atoms with Crippen molar-refractivity contribution in [3.05, 3.63) is 59.7 Å². The highest BCUT2D eigenvalue weighted by Gasteiger charge is 2.09. The summed E-state index contributed by atoms with van der Waals surface area (Å²) in [5.41, 5.74) is 3.95. The minimum absolute atomic E-state index is 0.00668. The summed E-state index contributed by atoms with van der Waals surface area (Å²) in [5, 5.41) is 2.84. The van der Waals surface area contributed by atoms with Crippen LogP contribution in [0.3, 0.4) is 0 Å². The van der Waals surface area contributed by atoms with Crippen molar-refractivity contribution in [2.75, 3.05) is 6.54 Å². The lowest BCUT2D eigenvalue weighted by molar-refractivity contribution is 0.0955. The maximum atomic E-state index is 11.9. The van der Waals surface area contributed by atoms with Crippen LogP contribution in [0.25, 0.3) is 11.1 Å². The molecule has 2 heteroatoms. The summed E-state index contributed by atoms with van der Waals surface area (Å²) < 4.78 is 0. The molecule has 0 fully saturated rings. The highest BCUT2D eigenvalue weighted by Crippen LogP contribution is 2.22. The zero-order valence-electron chi connectivity index (χ0n) is 10.7. The molecule has 2 aromatic rings. The molecular weight excluding hydrogens is 222 g/mol. The minimum Gasteiger partial charge on any atom is -0.352 e. The predicted octanol–water partition coefficient (Wildman–Crippen LogP) is 3.41. The van der Waals surface area contributed by atoms with Gasteiger partial charge in [-0.05, 0) is 36.6 Å². The van der Waals surface area contributed by atoms with Crippen molar-refractivity contribution in [2.45, 2.75) is 13.8 Å². The van der Waals surface area contributed by atoms with E-state index >= 15 is 0 Å². The molecule has 0 saturated heterocycles. The molecule has 0 aliphatic carbocycles. The van der Waals surface area contributed by atoms with Gasteiger partial charge in [0.05, 0.1) is 0 Å². The molecule has 0 aromatic heterocycles. The van der Waals surface area contributed by atoms with E-state index in [9.17, 15) is 4.79 Å². The van der Waals surface area contributed by atoms with Crippen LogP contribution in [0.2, 0.25) is 0 Å². The van der Waals surface area contributed by atoms with E-state index in [1.165, 1.54) is 0 Å². The summed E-state index contributed by atoms with van der Waals surface area (Å²) >= 11 is 0. The molecule has 1 N–H and O–H groups in total. The van der Waals surface area contributed by atoms with Crippen LogP contribution in [0, 0.1) is 6.92 Å². The third kappa shape index (κ3) is 2.59. The molecule has 92 valence electrons. The molecule has 0 unspecified atom stereocenters. The first kappa shape index (κ1) is 12.4. The van der Waals surface area contributed by atoms with Crippen molar-refractivity contribution >= 4 is 5.91 Å². The molecular formula is C16H17NO. The zero-order valence-corrected chi connectivity index (χ0v) is 10.7. The fraction of sp³-hybridized carbons (Fsp3) is 0.188. The monoisotopic (exact) mass is 239 g/mol. The molecule has 2 nitrogen and oxygen atoms in total. The van der Waals surface area contributed by atoms with Gasteiger partial charge in [-0.15, -0.1) is 0 Å². The van der Waals surface area contributed by atoms with E-state index in [2.05, 4.69) is 5.32 Å². The predicted molar refractivity (Wildman–Crippen MR) is 74.6 cm³/mol. The van der Waals surface area contributed by atoms with E-state index < -0.39 is 0 Å². The summed E-state index contributed by atoms with van der Waals surface area (Å²) in [6, 6.07) is 16.1. The lowest BCUT2D eigenvalue weighted by Gasteiger charge is -2.09. The number of rotatable bonds is 3. The second-order valence-corrected chi connectivity index (χ2v) is 4.26. The van der Waals surface area contributed by atoms with Gasteiger partial charge in [0, 0.05) is 12.1 Å². The first-order valence-corrected chi connectivity index (χ1v) is 6.16. The first-order chi connectivity index (χ1) is 8.72. The molecule has 0 heterocycles. The number of hydrogen-bond acceptors (Lipinski definition) is 1. The van der Waals surface area contributed by atoms with E-state index in [1.807, 2.05) is 62.4 Å². The van der Waals surface area contributed by atoms with Crippen molar-refractivity contribution in [3.63, 3.8) is 0 Å². The van der Waals surface area contributed by atoms with Crippen LogP contribution in [0.15, 0.2) is 48.5 Å². The average Bonchev–Trinajstić information content (AvgIpc) is 2.40. The summed E-state index contributed by atoms with van der Waals surface area (Å²) in [7, 11) is 0. The van der Waals surface area contributed by atoms with Crippen LogP contribution in [0.1, 0.15) is 22.8 Å². The number of amides is 1. The highest BCUT2D eigenvalue weighted by molar-refractivity contribution is 5.96. The Balaban J connectivity index is 2.41. The van der Waals surface area contributed by atoms with Crippen molar-refractivity contribution < 1.29 is 4.79 Å². The van der Waals surface area contributed by atoms with Crippen LogP contribution in [-0.2, 0) is 0 Å². The lowest BCUT2D eigenvalue weighted by Crippen LogP contribution is -2.23.